The van der Waals surface area contributed by atoms with E-state index in [4.69, 9.17) is 4.74 Å². The Labute approximate surface area is 121 Å². The van der Waals surface area contributed by atoms with Crippen molar-refractivity contribution in [1.29, 1.82) is 0 Å². The van der Waals surface area contributed by atoms with Gasteiger partial charge in [-0.2, -0.15) is 0 Å². The molecule has 1 heterocycles. The van der Waals surface area contributed by atoms with Crippen LogP contribution >= 0.6 is 0 Å². The third-order valence-electron chi connectivity index (χ3n) is 4.35. The Bertz CT molecular complexity index is 430. The first-order valence-electron chi connectivity index (χ1n) is 7.39. The fourth-order valence-electron chi connectivity index (χ4n) is 2.84. The predicted octanol–water partition coefficient (Wildman–Crippen LogP) is 2.39. The predicted molar refractivity (Wildman–Crippen MR) is 81.3 cm³/mol. The molecule has 0 spiro atoms. The monoisotopic (exact) mass is 278 g/mol. The number of nitrogens with zero attached hydrogens (tertiary/aromatic N) is 1. The minimum Gasteiger partial charge on any atom is -0.504 e. The topological polar surface area (TPSA) is 44.7 Å². The molecule has 1 fully saturated rings. The van der Waals surface area contributed by atoms with E-state index in [9.17, 15) is 5.11 Å². The van der Waals surface area contributed by atoms with Crippen LogP contribution in [0.4, 0.5) is 0 Å². The molecule has 1 aliphatic rings. The summed E-state index contributed by atoms with van der Waals surface area (Å²) < 4.78 is 5.19. The van der Waals surface area contributed by atoms with Crippen LogP contribution < -0.4 is 10.1 Å². The Hall–Kier alpha value is -1.26. The summed E-state index contributed by atoms with van der Waals surface area (Å²) >= 11 is 0. The largest absolute Gasteiger partial charge is 0.504 e. The molecule has 2 N–H and O–H groups in total. The maximum Gasteiger partial charge on any atom is 0.160 e. The highest BCUT2D eigenvalue weighted by molar-refractivity contribution is 5.42. The van der Waals surface area contributed by atoms with Crippen LogP contribution in [0.2, 0.25) is 0 Å². The zero-order chi connectivity index (χ0) is 14.5. The van der Waals surface area contributed by atoms with Gasteiger partial charge in [-0.25, -0.2) is 0 Å². The van der Waals surface area contributed by atoms with Crippen LogP contribution in [0.15, 0.2) is 18.2 Å². The third-order valence-corrected chi connectivity index (χ3v) is 4.35. The number of ether oxygens (including phenoxy) is 1. The molecule has 20 heavy (non-hydrogen) atoms. The number of rotatable bonds is 5. The molecule has 0 aromatic heterocycles. The quantitative estimate of drug-likeness (QED) is 0.868. The second-order valence-corrected chi connectivity index (χ2v) is 5.74. The van der Waals surface area contributed by atoms with E-state index in [1.165, 1.54) is 18.4 Å². The standard InChI is InChI=1S/C16H26N2O2/c1-12(14-4-5-15(19)16(10-14)20-3)18(2)11-13-6-8-17-9-7-13/h4-5,10,12-13,17,19H,6-9,11H2,1-3H3. The van der Waals surface area contributed by atoms with Crippen molar-refractivity contribution in [2.45, 2.75) is 25.8 Å². The number of aromatic hydroxyl groups is 1. The summed E-state index contributed by atoms with van der Waals surface area (Å²) in [6.07, 6.45) is 2.52. The van der Waals surface area contributed by atoms with Crippen molar-refractivity contribution in [3.63, 3.8) is 0 Å². The Morgan fingerprint density at radius 1 is 1.40 bits per heavy atom. The van der Waals surface area contributed by atoms with E-state index in [1.807, 2.05) is 12.1 Å². The van der Waals surface area contributed by atoms with Gasteiger partial charge in [0.2, 0.25) is 0 Å². The first kappa shape index (κ1) is 15.1. The van der Waals surface area contributed by atoms with Crippen molar-refractivity contribution in [2.24, 2.45) is 5.92 Å². The van der Waals surface area contributed by atoms with Crippen LogP contribution in [0.25, 0.3) is 0 Å². The summed E-state index contributed by atoms with van der Waals surface area (Å²) in [7, 11) is 3.76. The fourth-order valence-corrected chi connectivity index (χ4v) is 2.84. The van der Waals surface area contributed by atoms with Gasteiger partial charge in [0.05, 0.1) is 7.11 Å². The molecule has 1 aliphatic heterocycles. The van der Waals surface area contributed by atoms with Gasteiger partial charge in [-0.1, -0.05) is 6.07 Å². The summed E-state index contributed by atoms with van der Waals surface area (Å²) in [5.74, 6) is 1.52. The number of piperidine rings is 1. The SMILES string of the molecule is COc1cc(C(C)N(C)CC2CCNCC2)ccc1O. The lowest BCUT2D eigenvalue weighted by Crippen LogP contribution is -2.35. The smallest absolute Gasteiger partial charge is 0.160 e. The lowest BCUT2D eigenvalue weighted by molar-refractivity contribution is 0.196. The van der Waals surface area contributed by atoms with E-state index in [1.54, 1.807) is 13.2 Å². The van der Waals surface area contributed by atoms with E-state index in [-0.39, 0.29) is 5.75 Å². The molecule has 0 bridgehead atoms. The Morgan fingerprint density at radius 3 is 2.75 bits per heavy atom. The van der Waals surface area contributed by atoms with Gasteiger partial charge in [0.15, 0.2) is 11.5 Å². The number of nitrogens with one attached hydrogen (secondary N) is 1. The van der Waals surface area contributed by atoms with Crippen LogP contribution in [0.1, 0.15) is 31.4 Å². The maximum absolute atomic E-state index is 9.67. The normalized spacial score (nSPS) is 18.2. The highest BCUT2D eigenvalue weighted by Gasteiger charge is 2.19. The van der Waals surface area contributed by atoms with E-state index >= 15 is 0 Å². The van der Waals surface area contributed by atoms with E-state index in [0.29, 0.717) is 11.8 Å². The van der Waals surface area contributed by atoms with Gasteiger partial charge >= 0.3 is 0 Å². The van der Waals surface area contributed by atoms with Gasteiger partial charge < -0.3 is 15.2 Å². The molecule has 1 aromatic rings. The second kappa shape index (κ2) is 6.95. The summed E-state index contributed by atoms with van der Waals surface area (Å²) in [6, 6.07) is 5.93. The molecule has 1 atom stereocenters. The highest BCUT2D eigenvalue weighted by Crippen LogP contribution is 2.31. The molecule has 0 saturated carbocycles. The van der Waals surface area contributed by atoms with Crippen LogP contribution in [0.3, 0.4) is 0 Å². The molecule has 1 unspecified atom stereocenters. The zero-order valence-corrected chi connectivity index (χ0v) is 12.7. The zero-order valence-electron chi connectivity index (χ0n) is 12.7. The number of phenolic OH excluding ortho intramolecular Hbond substituents is 1. The maximum atomic E-state index is 9.67. The molecule has 112 valence electrons. The minimum absolute atomic E-state index is 0.199. The van der Waals surface area contributed by atoms with Crippen molar-refractivity contribution >= 4 is 0 Å². The molecule has 0 amide bonds. The van der Waals surface area contributed by atoms with Gasteiger partial charge in [-0.15, -0.1) is 0 Å². The molecule has 2 rings (SSSR count). The first-order valence-corrected chi connectivity index (χ1v) is 7.39. The first-order chi connectivity index (χ1) is 9.61. The fraction of sp³-hybridized carbons (Fsp3) is 0.625. The summed E-state index contributed by atoms with van der Waals surface area (Å²) in [6.45, 7) is 5.60. The molecular weight excluding hydrogens is 252 g/mol. The lowest BCUT2D eigenvalue weighted by Gasteiger charge is -2.31. The molecule has 4 heteroatoms. The second-order valence-electron chi connectivity index (χ2n) is 5.74. The van der Waals surface area contributed by atoms with E-state index < -0.39 is 0 Å². The summed E-state index contributed by atoms with van der Waals surface area (Å²) in [5, 5.41) is 13.1. The molecule has 1 saturated heterocycles. The van der Waals surface area contributed by atoms with Crippen LogP contribution in [0.5, 0.6) is 11.5 Å². The Kier molecular flexibility index (Phi) is 5.26. The van der Waals surface area contributed by atoms with Gasteiger partial charge in [0, 0.05) is 12.6 Å². The van der Waals surface area contributed by atoms with E-state index in [0.717, 1.165) is 25.6 Å². The third kappa shape index (κ3) is 3.64. The van der Waals surface area contributed by atoms with Gasteiger partial charge in [0.1, 0.15) is 0 Å². The number of benzene rings is 1. The van der Waals surface area contributed by atoms with Crippen LogP contribution in [-0.2, 0) is 0 Å². The van der Waals surface area contributed by atoms with Gasteiger partial charge in [0.25, 0.3) is 0 Å². The summed E-state index contributed by atoms with van der Waals surface area (Å²) in [4.78, 5) is 2.39. The average molecular weight is 278 g/mol. The van der Waals surface area contributed by atoms with Crippen molar-refractivity contribution in [3.05, 3.63) is 23.8 Å². The number of hydrogen-bond acceptors (Lipinski definition) is 4. The molecule has 1 aromatic carbocycles. The number of phenols is 1. The average Bonchev–Trinajstić information content (AvgIpc) is 2.48. The van der Waals surface area contributed by atoms with Crippen molar-refractivity contribution in [1.82, 2.24) is 10.2 Å². The highest BCUT2D eigenvalue weighted by atomic mass is 16.5. The van der Waals surface area contributed by atoms with Crippen LogP contribution in [0, 0.1) is 5.92 Å². The lowest BCUT2D eigenvalue weighted by atomic mass is 9.96. The number of hydrogen-bond donors (Lipinski definition) is 2. The molecular formula is C16H26N2O2. The number of methoxy groups -OCH3 is 1. The summed E-state index contributed by atoms with van der Waals surface area (Å²) in [5.41, 5.74) is 1.18. The molecule has 4 nitrogen and oxygen atoms in total. The van der Waals surface area contributed by atoms with Crippen molar-refractivity contribution < 1.29 is 9.84 Å². The molecule has 0 aliphatic carbocycles. The van der Waals surface area contributed by atoms with Crippen molar-refractivity contribution in [2.75, 3.05) is 33.8 Å². The minimum atomic E-state index is 0.199. The van der Waals surface area contributed by atoms with Crippen LogP contribution in [-0.4, -0.2) is 43.8 Å². The van der Waals surface area contributed by atoms with Crippen molar-refractivity contribution in [3.8, 4) is 11.5 Å². The Morgan fingerprint density at radius 2 is 2.10 bits per heavy atom. The van der Waals surface area contributed by atoms with Gasteiger partial charge in [-0.3, -0.25) is 4.90 Å². The molecule has 0 radical (unpaired) electrons. The van der Waals surface area contributed by atoms with E-state index in [2.05, 4.69) is 24.2 Å². The van der Waals surface area contributed by atoms with Gasteiger partial charge in [-0.05, 0) is 63.5 Å². The Balaban J connectivity index is 2.00.